The number of ether oxygens (including phenoxy) is 2. The van der Waals surface area contributed by atoms with Gasteiger partial charge in [0.05, 0.1) is 31.2 Å². The summed E-state index contributed by atoms with van der Waals surface area (Å²) >= 11 is 6.97. The van der Waals surface area contributed by atoms with Crippen LogP contribution < -0.4 is 0 Å². The standard InChI is InChI=1S/C38H41ClFN5O5/c1-21-33-31(45(14-7-15-46)37(21)38(48)49-6)13-12-30(39)35(33)34-22(2)43(4)42-36(34)23(3)50-20-27-19-28(44(5)41-27)10-8-24-16-25-18-26(40)9-11-29(25)32(47)17-24/h9,11-13,16-19,23,46-47H,7-8,10,14-15,20H2,1-6H3. The highest BCUT2D eigenvalue weighted by Crippen LogP contribution is 2.44. The van der Waals surface area contributed by atoms with Gasteiger partial charge in [0.2, 0.25) is 0 Å². The van der Waals surface area contributed by atoms with E-state index in [1.54, 1.807) is 16.8 Å². The minimum Gasteiger partial charge on any atom is -0.507 e. The molecule has 0 saturated carbocycles. The first kappa shape index (κ1) is 35.1. The van der Waals surface area contributed by atoms with Crippen molar-refractivity contribution in [1.82, 2.24) is 24.1 Å². The molecule has 3 heterocycles. The average Bonchev–Trinajstić information content (AvgIpc) is 3.70. The largest absolute Gasteiger partial charge is 0.507 e. The number of aromatic nitrogens is 5. The van der Waals surface area contributed by atoms with Gasteiger partial charge < -0.3 is 24.3 Å². The maximum atomic E-state index is 13.8. The van der Waals surface area contributed by atoms with E-state index in [1.807, 2.05) is 68.4 Å². The van der Waals surface area contributed by atoms with Crippen molar-refractivity contribution in [2.24, 2.45) is 14.1 Å². The molecule has 12 heteroatoms. The second-order valence-corrected chi connectivity index (χ2v) is 13.1. The Morgan fingerprint density at radius 1 is 1.02 bits per heavy atom. The number of benzene rings is 3. The van der Waals surface area contributed by atoms with E-state index < -0.39 is 12.1 Å². The number of esters is 1. The molecule has 3 aromatic carbocycles. The molecular formula is C38H41ClFN5O5. The summed E-state index contributed by atoms with van der Waals surface area (Å²) in [6, 6.07) is 13.7. The number of hydrogen-bond donors (Lipinski definition) is 2. The van der Waals surface area contributed by atoms with Crippen LogP contribution in [0.5, 0.6) is 5.75 Å². The number of aromatic hydroxyl groups is 1. The summed E-state index contributed by atoms with van der Waals surface area (Å²) in [5.41, 5.74) is 7.78. The van der Waals surface area contributed by atoms with Crippen LogP contribution in [0.25, 0.3) is 32.8 Å². The van der Waals surface area contributed by atoms with Crippen LogP contribution in [-0.2, 0) is 49.6 Å². The van der Waals surface area contributed by atoms with Crippen LogP contribution >= 0.6 is 11.6 Å². The Morgan fingerprint density at radius 3 is 2.54 bits per heavy atom. The predicted octanol–water partition coefficient (Wildman–Crippen LogP) is 7.28. The molecule has 0 amide bonds. The average molecular weight is 702 g/mol. The second-order valence-electron chi connectivity index (χ2n) is 12.7. The summed E-state index contributed by atoms with van der Waals surface area (Å²) in [4.78, 5) is 13.0. The van der Waals surface area contributed by atoms with Gasteiger partial charge in [0.15, 0.2) is 0 Å². The monoisotopic (exact) mass is 701 g/mol. The zero-order chi connectivity index (χ0) is 35.9. The van der Waals surface area contributed by atoms with E-state index in [2.05, 4.69) is 5.10 Å². The third-order valence-corrected chi connectivity index (χ3v) is 9.78. The van der Waals surface area contributed by atoms with Gasteiger partial charge in [-0.2, -0.15) is 10.2 Å². The second kappa shape index (κ2) is 14.3. The molecule has 6 rings (SSSR count). The molecule has 2 N–H and O–H groups in total. The quantitative estimate of drug-likeness (QED) is 0.129. The summed E-state index contributed by atoms with van der Waals surface area (Å²) in [6.07, 6.45) is 1.32. The Labute approximate surface area is 294 Å². The van der Waals surface area contributed by atoms with E-state index in [1.165, 1.54) is 19.2 Å². The van der Waals surface area contributed by atoms with Gasteiger partial charge in [0.25, 0.3) is 0 Å². The lowest BCUT2D eigenvalue weighted by Gasteiger charge is -2.15. The molecule has 1 unspecified atom stereocenters. The van der Waals surface area contributed by atoms with Crippen LogP contribution in [0.2, 0.25) is 5.02 Å². The number of hydrogen-bond acceptors (Lipinski definition) is 7. The molecule has 0 spiro atoms. The predicted molar refractivity (Wildman–Crippen MR) is 191 cm³/mol. The van der Waals surface area contributed by atoms with Crippen LogP contribution in [0, 0.1) is 19.7 Å². The number of halogens is 2. The van der Waals surface area contributed by atoms with Crippen molar-refractivity contribution in [1.29, 1.82) is 0 Å². The fraction of sp³-hybridized carbons (Fsp3) is 0.342. The summed E-state index contributed by atoms with van der Waals surface area (Å²) in [7, 11) is 5.12. The third kappa shape index (κ3) is 6.48. The van der Waals surface area contributed by atoms with Crippen LogP contribution in [-0.4, -0.2) is 54.0 Å². The molecule has 262 valence electrons. The summed E-state index contributed by atoms with van der Waals surface area (Å²) in [6.45, 7) is 6.45. The number of carbonyl (C=O) groups is 1. The van der Waals surface area contributed by atoms with E-state index in [0.717, 1.165) is 50.2 Å². The van der Waals surface area contributed by atoms with Gasteiger partial charge >= 0.3 is 5.97 Å². The maximum absolute atomic E-state index is 13.8. The molecule has 0 fully saturated rings. The molecule has 3 aromatic heterocycles. The molecule has 50 heavy (non-hydrogen) atoms. The van der Waals surface area contributed by atoms with Gasteiger partial charge in [-0.1, -0.05) is 17.7 Å². The first-order valence-electron chi connectivity index (χ1n) is 16.5. The van der Waals surface area contributed by atoms with E-state index >= 15 is 0 Å². The van der Waals surface area contributed by atoms with Crippen LogP contribution in [0.15, 0.2) is 48.5 Å². The number of aryl methyl sites for hydroxylation is 6. The Morgan fingerprint density at radius 2 is 1.80 bits per heavy atom. The molecule has 0 radical (unpaired) electrons. The fourth-order valence-electron chi connectivity index (χ4n) is 6.87. The van der Waals surface area contributed by atoms with Crippen molar-refractivity contribution in [2.45, 2.75) is 59.3 Å². The third-order valence-electron chi connectivity index (χ3n) is 9.47. The van der Waals surface area contributed by atoms with Crippen LogP contribution in [0.3, 0.4) is 0 Å². The van der Waals surface area contributed by atoms with Gasteiger partial charge in [-0.3, -0.25) is 9.36 Å². The Bertz CT molecular complexity index is 2240. The van der Waals surface area contributed by atoms with E-state index in [4.69, 9.17) is 26.2 Å². The van der Waals surface area contributed by atoms with Gasteiger partial charge in [-0.05, 0) is 99.0 Å². The summed E-state index contributed by atoms with van der Waals surface area (Å²) < 4.78 is 30.9. The van der Waals surface area contributed by atoms with E-state index in [0.29, 0.717) is 53.0 Å². The minimum absolute atomic E-state index is 0.0183. The molecule has 0 aliphatic rings. The highest BCUT2D eigenvalue weighted by molar-refractivity contribution is 6.35. The Balaban J connectivity index is 1.26. The lowest BCUT2D eigenvalue weighted by molar-refractivity contribution is 0.0475. The number of methoxy groups -OCH3 is 1. The molecule has 0 saturated heterocycles. The minimum atomic E-state index is -0.459. The van der Waals surface area contributed by atoms with Crippen molar-refractivity contribution < 1.29 is 28.9 Å². The number of phenols is 1. The Kier molecular flexibility index (Phi) is 10.0. The van der Waals surface area contributed by atoms with Crippen LogP contribution in [0.4, 0.5) is 4.39 Å². The molecule has 0 aliphatic heterocycles. The number of rotatable bonds is 12. The highest BCUT2D eigenvalue weighted by atomic mass is 35.5. The SMILES string of the molecule is COC(=O)c1c(C)c2c(-c3c(C(C)OCc4cc(CCc5cc(O)c6ccc(F)cc6c5)n(C)n4)nn(C)c3C)c(Cl)ccc2n1CCCO. The molecule has 10 nitrogen and oxygen atoms in total. The normalized spacial score (nSPS) is 12.3. The number of phenolic OH excluding ortho intramolecular Hbond substituents is 1. The summed E-state index contributed by atoms with van der Waals surface area (Å²) in [5.74, 6) is -0.673. The number of aliphatic hydroxyl groups excluding tert-OH is 1. The van der Waals surface area contributed by atoms with Gasteiger partial charge in [-0.25, -0.2) is 9.18 Å². The first-order chi connectivity index (χ1) is 23.9. The number of nitrogens with zero attached hydrogens (tertiary/aromatic N) is 5. The first-order valence-corrected chi connectivity index (χ1v) is 16.9. The van der Waals surface area contributed by atoms with Crippen molar-refractivity contribution in [3.05, 3.63) is 99.0 Å². The van der Waals surface area contributed by atoms with Crippen molar-refractivity contribution in [2.75, 3.05) is 13.7 Å². The summed E-state index contributed by atoms with van der Waals surface area (Å²) in [5, 5.41) is 32.2. The van der Waals surface area contributed by atoms with Gasteiger partial charge in [0, 0.05) is 71.1 Å². The van der Waals surface area contributed by atoms with E-state index in [9.17, 15) is 19.4 Å². The smallest absolute Gasteiger partial charge is 0.354 e. The molecular weight excluding hydrogens is 661 g/mol. The van der Waals surface area contributed by atoms with Crippen molar-refractivity contribution >= 4 is 39.2 Å². The zero-order valence-electron chi connectivity index (χ0n) is 29.0. The Hall–Kier alpha value is -4.71. The highest BCUT2D eigenvalue weighted by Gasteiger charge is 2.29. The fourth-order valence-corrected chi connectivity index (χ4v) is 7.12. The lowest BCUT2D eigenvalue weighted by Crippen LogP contribution is -2.12. The number of fused-ring (bicyclic) bond motifs is 2. The van der Waals surface area contributed by atoms with Gasteiger partial charge in [-0.15, -0.1) is 0 Å². The topological polar surface area (TPSA) is 117 Å². The van der Waals surface area contributed by atoms with Crippen molar-refractivity contribution in [3.8, 4) is 16.9 Å². The number of carbonyl (C=O) groups excluding carboxylic acids is 1. The van der Waals surface area contributed by atoms with Crippen LogP contribution in [0.1, 0.15) is 63.8 Å². The number of aliphatic hydroxyl groups is 1. The molecule has 0 bridgehead atoms. The van der Waals surface area contributed by atoms with Gasteiger partial charge in [0.1, 0.15) is 17.3 Å². The molecule has 1 atom stereocenters. The zero-order valence-corrected chi connectivity index (χ0v) is 29.8. The molecule has 0 aliphatic carbocycles. The van der Waals surface area contributed by atoms with Crippen molar-refractivity contribution in [3.63, 3.8) is 0 Å². The molecule has 6 aromatic rings. The van der Waals surface area contributed by atoms with E-state index in [-0.39, 0.29) is 24.8 Å². The lowest BCUT2D eigenvalue weighted by atomic mass is 9.95. The maximum Gasteiger partial charge on any atom is 0.354 e.